The number of thioether (sulfide) groups is 1. The first-order valence-electron chi connectivity index (χ1n) is 10.3. The van der Waals surface area contributed by atoms with Gasteiger partial charge in [-0.3, -0.25) is 4.79 Å². The van der Waals surface area contributed by atoms with E-state index in [4.69, 9.17) is 10.5 Å². The summed E-state index contributed by atoms with van der Waals surface area (Å²) >= 11 is 1.06. The molecule has 8 nitrogen and oxygen atoms in total. The molecule has 1 aromatic heterocycles. The van der Waals surface area contributed by atoms with Crippen molar-refractivity contribution >= 4 is 39.0 Å². The Hall–Kier alpha value is -3.11. The molecule has 3 aromatic rings. The van der Waals surface area contributed by atoms with Gasteiger partial charge in [-0.05, 0) is 54.8 Å². The number of carbonyl (C=O) groups excluding carboxylic acids is 1. The van der Waals surface area contributed by atoms with Crippen molar-refractivity contribution in [3.05, 3.63) is 60.3 Å². The van der Waals surface area contributed by atoms with Crippen LogP contribution in [0.5, 0.6) is 5.75 Å². The van der Waals surface area contributed by atoms with Crippen LogP contribution in [0.4, 0.5) is 11.5 Å². The maximum atomic E-state index is 12.9. The van der Waals surface area contributed by atoms with Crippen molar-refractivity contribution in [1.29, 1.82) is 0 Å². The van der Waals surface area contributed by atoms with Crippen molar-refractivity contribution in [2.75, 3.05) is 23.4 Å². The molecule has 0 spiro atoms. The van der Waals surface area contributed by atoms with E-state index in [9.17, 15) is 13.2 Å². The number of nitrogens with one attached hydrogen (secondary N) is 1. The van der Waals surface area contributed by atoms with E-state index in [1.165, 1.54) is 6.20 Å². The summed E-state index contributed by atoms with van der Waals surface area (Å²) in [6.45, 7) is 6.53. The molecule has 0 aliphatic carbocycles. The van der Waals surface area contributed by atoms with Gasteiger partial charge in [-0.1, -0.05) is 37.7 Å². The van der Waals surface area contributed by atoms with Gasteiger partial charge >= 0.3 is 0 Å². The number of nitrogens with two attached hydrogens (primary N) is 1. The molecule has 2 aromatic carbocycles. The van der Waals surface area contributed by atoms with Crippen LogP contribution < -0.4 is 15.8 Å². The zero-order valence-corrected chi connectivity index (χ0v) is 20.2. The first-order valence-corrected chi connectivity index (χ1v) is 12.8. The molecule has 0 bridgehead atoms. The van der Waals surface area contributed by atoms with Crippen LogP contribution in [0.25, 0.3) is 0 Å². The molecule has 1 heterocycles. The molecule has 0 saturated carbocycles. The normalized spacial score (nSPS) is 11.4. The lowest BCUT2D eigenvalue weighted by Gasteiger charge is -2.10. The average Bonchev–Trinajstić information content (AvgIpc) is 2.79. The van der Waals surface area contributed by atoms with Crippen LogP contribution in [-0.2, 0) is 14.6 Å². The third kappa shape index (κ3) is 6.23. The zero-order chi connectivity index (χ0) is 24.0. The lowest BCUT2D eigenvalue weighted by atomic mass is 10.0. The third-order valence-electron chi connectivity index (χ3n) is 4.69. The fraction of sp³-hybridized carbons (Fsp3) is 0.261. The van der Waals surface area contributed by atoms with E-state index in [0.29, 0.717) is 12.3 Å². The maximum Gasteiger partial charge on any atom is 0.234 e. The van der Waals surface area contributed by atoms with E-state index < -0.39 is 9.84 Å². The van der Waals surface area contributed by atoms with Gasteiger partial charge in [0.25, 0.3) is 0 Å². The Labute approximate surface area is 197 Å². The summed E-state index contributed by atoms with van der Waals surface area (Å²) in [4.78, 5) is 20.3. The lowest BCUT2D eigenvalue weighted by molar-refractivity contribution is -0.113. The van der Waals surface area contributed by atoms with Gasteiger partial charge in [0.05, 0.1) is 23.5 Å². The lowest BCUT2D eigenvalue weighted by Crippen LogP contribution is -2.14. The Bertz CT molecular complexity index is 1210. The minimum absolute atomic E-state index is 0.0371. The van der Waals surface area contributed by atoms with Crippen molar-refractivity contribution in [3.8, 4) is 5.75 Å². The summed E-state index contributed by atoms with van der Waals surface area (Å²) in [7, 11) is -3.86. The standard InChI is InChI=1S/C23H26N4O4S2/c1-4-31-18-9-7-17(8-10-18)26-21(28)14-32-23-25-13-20(22(24)27-23)33(29,30)19-11-5-16(6-12-19)15(2)3/h5-13,15H,4,14H2,1-3H3,(H,26,28)(H2,24,25,27). The number of nitrogen functional groups attached to an aromatic ring is 1. The first-order chi connectivity index (χ1) is 15.7. The summed E-state index contributed by atoms with van der Waals surface area (Å²) in [5.41, 5.74) is 7.60. The molecular weight excluding hydrogens is 460 g/mol. The van der Waals surface area contributed by atoms with Crippen molar-refractivity contribution in [2.24, 2.45) is 0 Å². The number of carbonyl (C=O) groups is 1. The van der Waals surface area contributed by atoms with Crippen LogP contribution in [0, 0.1) is 0 Å². The summed E-state index contributed by atoms with van der Waals surface area (Å²) < 4.78 is 31.3. The maximum absolute atomic E-state index is 12.9. The van der Waals surface area contributed by atoms with Gasteiger partial charge < -0.3 is 15.8 Å². The number of hydrogen-bond donors (Lipinski definition) is 2. The highest BCUT2D eigenvalue weighted by Gasteiger charge is 2.23. The number of amides is 1. The highest BCUT2D eigenvalue weighted by atomic mass is 32.2. The van der Waals surface area contributed by atoms with Gasteiger partial charge in [0, 0.05) is 5.69 Å². The van der Waals surface area contributed by atoms with Gasteiger partial charge in [-0.25, -0.2) is 18.4 Å². The second-order valence-corrected chi connectivity index (χ2v) is 10.3. The molecule has 0 aliphatic heterocycles. The minimum atomic E-state index is -3.86. The minimum Gasteiger partial charge on any atom is -0.494 e. The molecule has 0 atom stereocenters. The quantitative estimate of drug-likeness (QED) is 0.341. The molecule has 0 fully saturated rings. The SMILES string of the molecule is CCOc1ccc(NC(=O)CSc2ncc(S(=O)(=O)c3ccc(C(C)C)cc3)c(N)n2)cc1. The largest absolute Gasteiger partial charge is 0.494 e. The second-order valence-electron chi connectivity index (χ2n) is 7.42. The van der Waals surface area contributed by atoms with Gasteiger partial charge in [0.1, 0.15) is 16.5 Å². The number of benzene rings is 2. The van der Waals surface area contributed by atoms with Crippen LogP contribution in [0.1, 0.15) is 32.3 Å². The number of sulfone groups is 1. The smallest absolute Gasteiger partial charge is 0.234 e. The number of hydrogen-bond acceptors (Lipinski definition) is 8. The highest BCUT2D eigenvalue weighted by Crippen LogP contribution is 2.27. The van der Waals surface area contributed by atoms with Crippen molar-refractivity contribution in [2.45, 2.75) is 41.6 Å². The molecule has 10 heteroatoms. The van der Waals surface area contributed by atoms with Gasteiger partial charge in [-0.2, -0.15) is 0 Å². The first kappa shape index (κ1) is 24.5. The van der Waals surface area contributed by atoms with E-state index in [1.54, 1.807) is 48.5 Å². The predicted molar refractivity (Wildman–Crippen MR) is 129 cm³/mol. The zero-order valence-electron chi connectivity index (χ0n) is 18.6. The average molecular weight is 487 g/mol. The Balaban J connectivity index is 1.64. The highest BCUT2D eigenvalue weighted by molar-refractivity contribution is 7.99. The van der Waals surface area contributed by atoms with E-state index in [1.807, 2.05) is 20.8 Å². The Morgan fingerprint density at radius 3 is 2.36 bits per heavy atom. The monoisotopic (exact) mass is 486 g/mol. The molecule has 1 amide bonds. The topological polar surface area (TPSA) is 124 Å². The fourth-order valence-electron chi connectivity index (χ4n) is 2.93. The molecule has 174 valence electrons. The number of ether oxygens (including phenoxy) is 1. The van der Waals surface area contributed by atoms with Crippen LogP contribution in [-0.4, -0.2) is 36.7 Å². The van der Waals surface area contributed by atoms with E-state index in [0.717, 1.165) is 23.1 Å². The van der Waals surface area contributed by atoms with Crippen LogP contribution >= 0.6 is 11.8 Å². The molecule has 33 heavy (non-hydrogen) atoms. The molecule has 3 rings (SSSR count). The Morgan fingerprint density at radius 2 is 1.79 bits per heavy atom. The van der Waals surface area contributed by atoms with Crippen molar-refractivity contribution in [3.63, 3.8) is 0 Å². The fourth-order valence-corrected chi connectivity index (χ4v) is 4.81. The molecular formula is C23H26N4O4S2. The van der Waals surface area contributed by atoms with E-state index in [2.05, 4.69) is 15.3 Å². The van der Waals surface area contributed by atoms with E-state index >= 15 is 0 Å². The van der Waals surface area contributed by atoms with E-state index in [-0.39, 0.29) is 38.3 Å². The number of aromatic nitrogens is 2. The molecule has 0 saturated heterocycles. The number of rotatable bonds is 9. The molecule has 0 radical (unpaired) electrons. The van der Waals surface area contributed by atoms with Gasteiger partial charge in [0.2, 0.25) is 15.7 Å². The van der Waals surface area contributed by atoms with Gasteiger partial charge in [0.15, 0.2) is 5.16 Å². The summed E-state index contributed by atoms with van der Waals surface area (Å²) in [6, 6.07) is 13.7. The summed E-state index contributed by atoms with van der Waals surface area (Å²) in [5, 5.41) is 2.98. The van der Waals surface area contributed by atoms with Crippen LogP contribution in [0.15, 0.2) is 69.7 Å². The summed E-state index contributed by atoms with van der Waals surface area (Å²) in [5.74, 6) is 0.633. The summed E-state index contributed by atoms with van der Waals surface area (Å²) in [6.07, 6.45) is 1.18. The third-order valence-corrected chi connectivity index (χ3v) is 7.34. The van der Waals surface area contributed by atoms with Crippen LogP contribution in [0.3, 0.4) is 0 Å². The molecule has 0 aliphatic rings. The molecule has 0 unspecified atom stereocenters. The van der Waals surface area contributed by atoms with Crippen LogP contribution in [0.2, 0.25) is 0 Å². The predicted octanol–water partition coefficient (Wildman–Crippen LogP) is 4.14. The van der Waals surface area contributed by atoms with Gasteiger partial charge in [-0.15, -0.1) is 0 Å². The Morgan fingerprint density at radius 1 is 1.12 bits per heavy atom. The molecule has 3 N–H and O–H groups in total. The number of nitrogens with zero attached hydrogens (tertiary/aromatic N) is 2. The second kappa shape index (κ2) is 10.7. The van der Waals surface area contributed by atoms with Crippen molar-refractivity contribution < 1.29 is 17.9 Å². The number of anilines is 2. The Kier molecular flexibility index (Phi) is 7.93. The van der Waals surface area contributed by atoms with Crippen molar-refractivity contribution in [1.82, 2.24) is 9.97 Å².